The monoisotopic (exact) mass is 327 g/mol. The molecule has 0 saturated heterocycles. The Hall–Kier alpha value is -2.82. The number of hydrogen-bond donors (Lipinski definition) is 2. The molecular weight excluding hydrogens is 306 g/mol. The summed E-state index contributed by atoms with van der Waals surface area (Å²) in [6, 6.07) is 15.5. The zero-order chi connectivity index (χ0) is 17.5. The molecule has 0 aromatic heterocycles. The lowest BCUT2D eigenvalue weighted by Gasteiger charge is -2.18. The first-order chi connectivity index (χ1) is 11.5. The van der Waals surface area contributed by atoms with Crippen LogP contribution in [0.1, 0.15) is 29.8 Å². The minimum absolute atomic E-state index is 0.190. The van der Waals surface area contributed by atoms with Crippen LogP contribution in [0.5, 0.6) is 5.75 Å². The molecule has 1 amide bonds. The van der Waals surface area contributed by atoms with Crippen LogP contribution < -0.4 is 10.1 Å². The molecule has 0 aliphatic carbocycles. The van der Waals surface area contributed by atoms with E-state index in [1.807, 2.05) is 30.3 Å². The van der Waals surface area contributed by atoms with Crippen molar-refractivity contribution in [2.75, 3.05) is 0 Å². The number of amides is 1. The molecule has 0 heterocycles. The molecule has 1 atom stereocenters. The van der Waals surface area contributed by atoms with Gasteiger partial charge in [0.2, 0.25) is 0 Å². The van der Waals surface area contributed by atoms with E-state index in [9.17, 15) is 9.59 Å². The SMILES string of the molecule is CC(C)C(NC(=O)c1ccc(COc2ccccc2)cc1)C(=O)O. The van der Waals surface area contributed by atoms with Gasteiger partial charge in [0.25, 0.3) is 5.91 Å². The number of carbonyl (C=O) groups excluding carboxylic acids is 1. The zero-order valence-electron chi connectivity index (χ0n) is 13.7. The predicted octanol–water partition coefficient (Wildman–Crippen LogP) is 3.10. The van der Waals surface area contributed by atoms with Gasteiger partial charge in [0.1, 0.15) is 18.4 Å². The summed E-state index contributed by atoms with van der Waals surface area (Å²) in [6.45, 7) is 3.90. The Labute approximate surface area is 141 Å². The van der Waals surface area contributed by atoms with E-state index in [2.05, 4.69) is 5.32 Å². The average molecular weight is 327 g/mol. The normalized spacial score (nSPS) is 11.8. The van der Waals surface area contributed by atoms with E-state index in [0.29, 0.717) is 12.2 Å². The quantitative estimate of drug-likeness (QED) is 0.819. The Balaban J connectivity index is 1.95. The van der Waals surface area contributed by atoms with Crippen LogP contribution in [0.2, 0.25) is 0 Å². The van der Waals surface area contributed by atoms with Gasteiger partial charge < -0.3 is 15.2 Å². The summed E-state index contributed by atoms with van der Waals surface area (Å²) in [6.07, 6.45) is 0. The van der Waals surface area contributed by atoms with Crippen molar-refractivity contribution < 1.29 is 19.4 Å². The van der Waals surface area contributed by atoms with E-state index in [-0.39, 0.29) is 5.92 Å². The number of ether oxygens (including phenoxy) is 1. The van der Waals surface area contributed by atoms with Crippen molar-refractivity contribution in [3.05, 3.63) is 65.7 Å². The Morgan fingerprint density at radius 3 is 2.21 bits per heavy atom. The van der Waals surface area contributed by atoms with Crippen LogP contribution >= 0.6 is 0 Å². The summed E-state index contributed by atoms with van der Waals surface area (Å²) in [4.78, 5) is 23.3. The molecule has 126 valence electrons. The maximum atomic E-state index is 12.1. The highest BCUT2D eigenvalue weighted by Crippen LogP contribution is 2.13. The van der Waals surface area contributed by atoms with Gasteiger partial charge in [-0.1, -0.05) is 44.2 Å². The van der Waals surface area contributed by atoms with E-state index in [1.54, 1.807) is 38.1 Å². The smallest absolute Gasteiger partial charge is 0.326 e. The maximum absolute atomic E-state index is 12.1. The summed E-state index contributed by atoms with van der Waals surface area (Å²) >= 11 is 0. The summed E-state index contributed by atoms with van der Waals surface area (Å²) < 4.78 is 5.64. The molecule has 0 spiro atoms. The molecule has 2 aromatic rings. The second-order valence-electron chi connectivity index (χ2n) is 5.83. The topological polar surface area (TPSA) is 75.6 Å². The van der Waals surface area contributed by atoms with Crippen LogP contribution in [0.25, 0.3) is 0 Å². The van der Waals surface area contributed by atoms with Gasteiger partial charge in [-0.25, -0.2) is 4.79 Å². The highest BCUT2D eigenvalue weighted by Gasteiger charge is 2.23. The second-order valence-corrected chi connectivity index (χ2v) is 5.83. The van der Waals surface area contributed by atoms with Gasteiger partial charge >= 0.3 is 5.97 Å². The highest BCUT2D eigenvalue weighted by atomic mass is 16.5. The number of carbonyl (C=O) groups is 2. The van der Waals surface area contributed by atoms with Gasteiger partial charge in [-0.3, -0.25) is 4.79 Å². The summed E-state index contributed by atoms with van der Waals surface area (Å²) in [5.74, 6) is -0.844. The first-order valence-corrected chi connectivity index (χ1v) is 7.78. The zero-order valence-corrected chi connectivity index (χ0v) is 13.7. The summed E-state index contributed by atoms with van der Waals surface area (Å²) in [7, 11) is 0. The Morgan fingerprint density at radius 2 is 1.67 bits per heavy atom. The molecule has 2 rings (SSSR count). The molecule has 5 heteroatoms. The second kappa shape index (κ2) is 8.15. The lowest BCUT2D eigenvalue weighted by molar-refractivity contribution is -0.140. The third-order valence-corrected chi connectivity index (χ3v) is 3.58. The van der Waals surface area contributed by atoms with Crippen LogP contribution in [-0.4, -0.2) is 23.0 Å². The van der Waals surface area contributed by atoms with E-state index in [1.165, 1.54) is 0 Å². The van der Waals surface area contributed by atoms with Crippen molar-refractivity contribution in [3.8, 4) is 5.75 Å². The molecule has 2 N–H and O–H groups in total. The molecule has 0 saturated carbocycles. The largest absolute Gasteiger partial charge is 0.489 e. The fourth-order valence-corrected chi connectivity index (χ4v) is 2.17. The number of aliphatic carboxylic acids is 1. The Morgan fingerprint density at radius 1 is 1.04 bits per heavy atom. The first kappa shape index (κ1) is 17.5. The van der Waals surface area contributed by atoms with E-state index >= 15 is 0 Å². The highest BCUT2D eigenvalue weighted by molar-refractivity contribution is 5.96. The molecule has 2 aromatic carbocycles. The van der Waals surface area contributed by atoms with Crippen molar-refractivity contribution in [3.63, 3.8) is 0 Å². The number of nitrogens with one attached hydrogen (secondary N) is 1. The lowest BCUT2D eigenvalue weighted by Crippen LogP contribution is -2.44. The van der Waals surface area contributed by atoms with Crippen LogP contribution in [0.3, 0.4) is 0 Å². The lowest BCUT2D eigenvalue weighted by atomic mass is 10.0. The number of carboxylic acid groups (broad SMARTS) is 1. The van der Waals surface area contributed by atoms with Crippen LogP contribution in [0, 0.1) is 5.92 Å². The minimum atomic E-state index is -1.04. The Bertz CT molecular complexity index is 680. The van der Waals surface area contributed by atoms with Crippen molar-refractivity contribution in [1.82, 2.24) is 5.32 Å². The Kier molecular flexibility index (Phi) is 5.95. The van der Waals surface area contributed by atoms with Crippen LogP contribution in [0.15, 0.2) is 54.6 Å². The minimum Gasteiger partial charge on any atom is -0.489 e. The molecule has 1 unspecified atom stereocenters. The summed E-state index contributed by atoms with van der Waals surface area (Å²) in [5, 5.41) is 11.7. The van der Waals surface area contributed by atoms with Crippen LogP contribution in [-0.2, 0) is 11.4 Å². The third-order valence-electron chi connectivity index (χ3n) is 3.58. The molecular formula is C19H21NO4. The van der Waals surface area contributed by atoms with Gasteiger partial charge in [0.15, 0.2) is 0 Å². The fraction of sp³-hybridized carbons (Fsp3) is 0.263. The van der Waals surface area contributed by atoms with E-state index < -0.39 is 17.9 Å². The first-order valence-electron chi connectivity index (χ1n) is 7.78. The van der Waals surface area contributed by atoms with E-state index in [4.69, 9.17) is 9.84 Å². The van der Waals surface area contributed by atoms with E-state index in [0.717, 1.165) is 11.3 Å². The van der Waals surface area contributed by atoms with Crippen molar-refractivity contribution in [2.45, 2.75) is 26.5 Å². The predicted molar refractivity (Wildman–Crippen MR) is 90.9 cm³/mol. The van der Waals surface area contributed by atoms with Gasteiger partial charge in [-0.05, 0) is 35.7 Å². The van der Waals surface area contributed by atoms with Gasteiger partial charge in [0, 0.05) is 5.56 Å². The fourth-order valence-electron chi connectivity index (χ4n) is 2.17. The molecule has 5 nitrogen and oxygen atoms in total. The standard InChI is InChI=1S/C19H21NO4/c1-13(2)17(19(22)23)20-18(21)15-10-8-14(9-11-15)12-24-16-6-4-3-5-7-16/h3-11,13,17H,12H2,1-2H3,(H,20,21)(H,22,23). The number of benzene rings is 2. The number of rotatable bonds is 7. The number of carboxylic acids is 1. The van der Waals surface area contributed by atoms with Crippen molar-refractivity contribution >= 4 is 11.9 Å². The number of para-hydroxylation sites is 1. The molecule has 24 heavy (non-hydrogen) atoms. The van der Waals surface area contributed by atoms with Crippen LogP contribution in [0.4, 0.5) is 0 Å². The summed E-state index contributed by atoms with van der Waals surface area (Å²) in [5.41, 5.74) is 1.35. The molecule has 0 aliphatic heterocycles. The molecule has 0 bridgehead atoms. The molecule has 0 radical (unpaired) electrons. The average Bonchev–Trinajstić information content (AvgIpc) is 2.58. The van der Waals surface area contributed by atoms with Gasteiger partial charge in [-0.15, -0.1) is 0 Å². The number of hydrogen-bond acceptors (Lipinski definition) is 3. The molecule has 0 fully saturated rings. The molecule has 0 aliphatic rings. The van der Waals surface area contributed by atoms with Gasteiger partial charge in [-0.2, -0.15) is 0 Å². The van der Waals surface area contributed by atoms with Gasteiger partial charge in [0.05, 0.1) is 0 Å². The maximum Gasteiger partial charge on any atom is 0.326 e. The third kappa shape index (κ3) is 4.84. The van der Waals surface area contributed by atoms with Crippen molar-refractivity contribution in [2.24, 2.45) is 5.92 Å². The van der Waals surface area contributed by atoms with Crippen molar-refractivity contribution in [1.29, 1.82) is 0 Å².